The van der Waals surface area contributed by atoms with Crippen molar-refractivity contribution in [1.29, 1.82) is 0 Å². The first-order chi connectivity index (χ1) is 21.3. The van der Waals surface area contributed by atoms with Gasteiger partial charge in [0.2, 0.25) is 5.91 Å². The summed E-state index contributed by atoms with van der Waals surface area (Å²) in [6.07, 6.45) is 23.9. The van der Waals surface area contributed by atoms with E-state index in [1.165, 1.54) is 94.6 Å². The maximum absolute atomic E-state index is 12.7. The molecule has 44 heavy (non-hydrogen) atoms. The fraction of sp³-hybridized carbons (Fsp3) is 0.590. The number of amides is 1. The molecule has 0 spiro atoms. The summed E-state index contributed by atoms with van der Waals surface area (Å²) in [6, 6.07) is 14.2. The zero-order valence-corrected chi connectivity index (χ0v) is 28.8. The normalized spacial score (nSPS) is 16.2. The predicted octanol–water partition coefficient (Wildman–Crippen LogP) is 11.3. The van der Waals surface area contributed by atoms with Crippen LogP contribution in [0.1, 0.15) is 129 Å². The van der Waals surface area contributed by atoms with Crippen LogP contribution in [0, 0.1) is 5.41 Å². The Balaban J connectivity index is 1.37. The van der Waals surface area contributed by atoms with Crippen LogP contribution < -0.4 is 9.64 Å². The van der Waals surface area contributed by atoms with E-state index in [2.05, 4.69) is 44.0 Å². The molecule has 1 amide bonds. The van der Waals surface area contributed by atoms with Crippen LogP contribution in [0.3, 0.4) is 0 Å². The van der Waals surface area contributed by atoms with Gasteiger partial charge in [0.1, 0.15) is 5.75 Å². The van der Waals surface area contributed by atoms with E-state index in [-0.39, 0.29) is 11.3 Å². The van der Waals surface area contributed by atoms with E-state index in [9.17, 15) is 4.79 Å². The number of aliphatic imine (C=N–C) groups is 1. The van der Waals surface area contributed by atoms with E-state index < -0.39 is 0 Å². The molecule has 0 saturated heterocycles. The monoisotopic (exact) mass is 620 g/mol. The molecule has 1 atom stereocenters. The summed E-state index contributed by atoms with van der Waals surface area (Å²) in [6.45, 7) is 10.1. The third-order valence-electron chi connectivity index (χ3n) is 8.63. The molecular weight excluding hydrogens is 564 g/mol. The first-order valence-electron chi connectivity index (χ1n) is 17.3. The zero-order valence-electron chi connectivity index (χ0n) is 28.0. The van der Waals surface area contributed by atoms with Crippen molar-refractivity contribution in [2.45, 2.75) is 131 Å². The second kappa shape index (κ2) is 19.7. The lowest BCUT2D eigenvalue weighted by Gasteiger charge is -2.28. The van der Waals surface area contributed by atoms with Crippen LogP contribution in [-0.2, 0) is 17.8 Å². The number of unbranched alkanes of at least 4 members (excludes halogenated alkanes) is 13. The van der Waals surface area contributed by atoms with Gasteiger partial charge >= 0.3 is 0 Å². The molecule has 2 aromatic rings. The molecule has 242 valence electrons. The summed E-state index contributed by atoms with van der Waals surface area (Å²) in [5.74, 6) is 0.717. The van der Waals surface area contributed by atoms with Gasteiger partial charge in [0.25, 0.3) is 0 Å². The van der Waals surface area contributed by atoms with Crippen LogP contribution >= 0.6 is 11.6 Å². The molecule has 1 aliphatic heterocycles. The van der Waals surface area contributed by atoms with Crippen molar-refractivity contribution in [1.82, 2.24) is 0 Å². The molecule has 1 aliphatic rings. The summed E-state index contributed by atoms with van der Waals surface area (Å²) in [5.41, 5.74) is 4.25. The molecule has 1 heterocycles. The van der Waals surface area contributed by atoms with Gasteiger partial charge in [-0.2, -0.15) is 0 Å². The fourth-order valence-corrected chi connectivity index (χ4v) is 6.50. The molecule has 3 rings (SSSR count). The molecule has 0 N–H and O–H groups in total. The summed E-state index contributed by atoms with van der Waals surface area (Å²) in [5, 5.41) is 0.595. The number of nitrogens with zero attached hydrogens (tertiary/aromatic N) is 2. The second-order valence-corrected chi connectivity index (χ2v) is 13.6. The highest BCUT2D eigenvalue weighted by molar-refractivity contribution is 6.32. The number of halogens is 1. The predicted molar refractivity (Wildman–Crippen MR) is 189 cm³/mol. The number of ether oxygens (including phenoxy) is 1. The summed E-state index contributed by atoms with van der Waals surface area (Å²) < 4.78 is 6.01. The number of carbonyl (C=O) groups is 1. The number of hydrogen-bond acceptors (Lipinski definition) is 3. The van der Waals surface area contributed by atoms with Gasteiger partial charge in [0.15, 0.2) is 0 Å². The molecule has 2 aromatic carbocycles. The van der Waals surface area contributed by atoms with Crippen LogP contribution in [0.5, 0.6) is 5.75 Å². The minimum Gasteiger partial charge on any atom is -0.492 e. The highest BCUT2D eigenvalue weighted by atomic mass is 35.5. The lowest BCUT2D eigenvalue weighted by Crippen LogP contribution is -2.28. The maximum Gasteiger partial charge on any atom is 0.224 e. The van der Waals surface area contributed by atoms with Crippen molar-refractivity contribution in [3.8, 4) is 5.75 Å². The molecule has 1 unspecified atom stereocenters. The van der Waals surface area contributed by atoms with E-state index in [0.717, 1.165) is 30.6 Å². The highest BCUT2D eigenvalue weighted by Gasteiger charge is 2.24. The van der Waals surface area contributed by atoms with Gasteiger partial charge in [-0.15, -0.1) is 0 Å². The van der Waals surface area contributed by atoms with Gasteiger partial charge in [0.05, 0.1) is 18.2 Å². The van der Waals surface area contributed by atoms with E-state index >= 15 is 0 Å². The molecule has 0 saturated carbocycles. The van der Waals surface area contributed by atoms with Crippen LogP contribution in [0.2, 0.25) is 5.02 Å². The van der Waals surface area contributed by atoms with Gasteiger partial charge in [-0.05, 0) is 60.7 Å². The Hall–Kier alpha value is -2.59. The first-order valence-corrected chi connectivity index (χ1v) is 17.6. The SMILES string of the molecule is CCCCCCCCCCCCCCCCOc1ccc(CN(C(C)=O)c2cccc(CC3(C)C=C(C)C=NC3)c2)cc1Cl. The summed E-state index contributed by atoms with van der Waals surface area (Å²) in [7, 11) is 0. The lowest BCUT2D eigenvalue weighted by atomic mass is 9.81. The molecule has 0 aromatic heterocycles. The largest absolute Gasteiger partial charge is 0.492 e. The topological polar surface area (TPSA) is 41.9 Å². The first kappa shape index (κ1) is 35.9. The third-order valence-corrected chi connectivity index (χ3v) is 8.92. The average molecular weight is 621 g/mol. The van der Waals surface area contributed by atoms with Crippen molar-refractivity contribution in [3.05, 3.63) is 70.3 Å². The van der Waals surface area contributed by atoms with Gasteiger partial charge in [0, 0.05) is 30.8 Å². The summed E-state index contributed by atoms with van der Waals surface area (Å²) >= 11 is 6.62. The Labute approximate surface area is 273 Å². The number of dihydropyridines is 1. The van der Waals surface area contributed by atoms with Crippen molar-refractivity contribution < 1.29 is 9.53 Å². The van der Waals surface area contributed by atoms with Crippen molar-refractivity contribution >= 4 is 29.4 Å². The third kappa shape index (κ3) is 13.2. The van der Waals surface area contributed by atoms with Crippen LogP contribution in [0.4, 0.5) is 5.69 Å². The highest BCUT2D eigenvalue weighted by Crippen LogP contribution is 2.31. The number of carbonyl (C=O) groups excluding carboxylic acids is 1. The minimum absolute atomic E-state index is 0.000576. The van der Waals surface area contributed by atoms with Gasteiger partial charge in [-0.3, -0.25) is 9.79 Å². The standard InChI is InChI=1S/C39H57ClN2O2/c1-5-6-7-8-9-10-11-12-13-14-15-16-17-18-24-44-38-23-22-35(26-37(38)40)30-42(33(3)43)36-21-19-20-34(25-36)28-39(4)27-32(2)29-41-31-39/h19-23,25-27,29H,5-18,24,28,30-31H2,1-4H3. The Morgan fingerprint density at radius 2 is 1.52 bits per heavy atom. The Morgan fingerprint density at radius 3 is 2.11 bits per heavy atom. The smallest absolute Gasteiger partial charge is 0.224 e. The average Bonchev–Trinajstić information content (AvgIpc) is 2.98. The summed E-state index contributed by atoms with van der Waals surface area (Å²) in [4.78, 5) is 19.1. The molecule has 0 fully saturated rings. The quantitative estimate of drug-likeness (QED) is 0.130. The van der Waals surface area contributed by atoms with E-state index in [0.29, 0.717) is 23.9 Å². The fourth-order valence-electron chi connectivity index (χ4n) is 6.24. The van der Waals surface area contributed by atoms with E-state index in [1.807, 2.05) is 41.4 Å². The van der Waals surface area contributed by atoms with E-state index in [1.54, 1.807) is 6.92 Å². The Bertz CT molecular complexity index is 1210. The number of allylic oxidation sites excluding steroid dienone is 1. The van der Waals surface area contributed by atoms with E-state index in [4.69, 9.17) is 16.3 Å². The van der Waals surface area contributed by atoms with Crippen LogP contribution in [0.25, 0.3) is 0 Å². The van der Waals surface area contributed by atoms with Crippen LogP contribution in [-0.4, -0.2) is 25.3 Å². The Morgan fingerprint density at radius 1 is 0.886 bits per heavy atom. The number of rotatable bonds is 21. The maximum atomic E-state index is 12.7. The minimum atomic E-state index is -0.0193. The molecule has 4 nitrogen and oxygen atoms in total. The van der Waals surface area contributed by atoms with Gasteiger partial charge in [-0.1, -0.05) is 133 Å². The van der Waals surface area contributed by atoms with Crippen molar-refractivity contribution in [2.75, 3.05) is 18.1 Å². The number of anilines is 1. The number of benzene rings is 2. The van der Waals surface area contributed by atoms with Gasteiger partial charge in [-0.25, -0.2) is 0 Å². The molecule has 5 heteroatoms. The molecular formula is C39H57ClN2O2. The van der Waals surface area contributed by atoms with Crippen molar-refractivity contribution in [2.24, 2.45) is 10.4 Å². The van der Waals surface area contributed by atoms with Crippen LogP contribution in [0.15, 0.2) is 59.1 Å². The molecule has 0 bridgehead atoms. The van der Waals surface area contributed by atoms with Crippen molar-refractivity contribution in [3.63, 3.8) is 0 Å². The number of hydrogen-bond donors (Lipinski definition) is 0. The zero-order chi connectivity index (χ0) is 31.6. The molecule has 0 aliphatic carbocycles. The Kier molecular flexibility index (Phi) is 16.1. The lowest BCUT2D eigenvalue weighted by molar-refractivity contribution is -0.116. The van der Waals surface area contributed by atoms with Gasteiger partial charge < -0.3 is 9.64 Å². The molecule has 0 radical (unpaired) electrons. The second-order valence-electron chi connectivity index (χ2n) is 13.2.